The minimum Gasteiger partial charge on any atom is -0.383 e. The van der Waals surface area contributed by atoms with E-state index in [9.17, 15) is 23.2 Å². The molecule has 0 radical (unpaired) electrons. The first-order valence-electron chi connectivity index (χ1n) is 8.04. The lowest BCUT2D eigenvalue weighted by molar-refractivity contribution is -0.134. The number of carbonyl (C=O) groups is 3. The Hall–Kier alpha value is -2.39. The molecule has 7 nitrogen and oxygen atoms in total. The maximum atomic E-state index is 13.1. The maximum absolute atomic E-state index is 13.1. The molecule has 26 heavy (non-hydrogen) atoms. The van der Waals surface area contributed by atoms with Crippen molar-refractivity contribution < 1.29 is 27.9 Å². The molecule has 0 aliphatic rings. The van der Waals surface area contributed by atoms with Crippen LogP contribution in [0.3, 0.4) is 0 Å². The summed E-state index contributed by atoms with van der Waals surface area (Å²) in [5, 5.41) is 7.42. The van der Waals surface area contributed by atoms with Gasteiger partial charge in [-0.05, 0) is 31.5 Å². The van der Waals surface area contributed by atoms with E-state index < -0.39 is 41.4 Å². The topological polar surface area (TPSA) is 96.5 Å². The molecule has 1 aromatic carbocycles. The van der Waals surface area contributed by atoms with E-state index in [0.717, 1.165) is 12.1 Å². The Morgan fingerprint density at radius 3 is 2.19 bits per heavy atom. The van der Waals surface area contributed by atoms with Crippen LogP contribution in [0, 0.1) is 11.6 Å². The quantitative estimate of drug-likeness (QED) is 0.542. The highest BCUT2D eigenvalue weighted by atomic mass is 19.1. The lowest BCUT2D eigenvalue weighted by atomic mass is 10.1. The van der Waals surface area contributed by atoms with Crippen molar-refractivity contribution in [3.8, 4) is 0 Å². The van der Waals surface area contributed by atoms with Gasteiger partial charge in [-0.25, -0.2) is 8.78 Å². The van der Waals surface area contributed by atoms with Crippen LogP contribution >= 0.6 is 0 Å². The largest absolute Gasteiger partial charge is 0.383 e. The summed E-state index contributed by atoms with van der Waals surface area (Å²) in [5.41, 5.74) is 0.139. The average molecular weight is 371 g/mol. The van der Waals surface area contributed by atoms with E-state index in [4.69, 9.17) is 4.74 Å². The molecule has 2 atom stereocenters. The van der Waals surface area contributed by atoms with Gasteiger partial charge >= 0.3 is 0 Å². The number of rotatable bonds is 9. The van der Waals surface area contributed by atoms with Crippen molar-refractivity contribution in [1.82, 2.24) is 16.0 Å². The molecule has 3 N–H and O–H groups in total. The highest BCUT2D eigenvalue weighted by molar-refractivity contribution is 6.00. The first kappa shape index (κ1) is 21.7. The molecule has 0 saturated carbocycles. The van der Waals surface area contributed by atoms with Crippen LogP contribution in [0.4, 0.5) is 8.78 Å². The molecule has 0 bridgehead atoms. The van der Waals surface area contributed by atoms with E-state index in [1.54, 1.807) is 6.92 Å². The second kappa shape index (κ2) is 10.6. The Labute approximate surface area is 150 Å². The third kappa shape index (κ3) is 7.66. The first-order valence-corrected chi connectivity index (χ1v) is 8.04. The van der Waals surface area contributed by atoms with Crippen molar-refractivity contribution >= 4 is 17.7 Å². The maximum Gasteiger partial charge on any atom is 0.248 e. The number of imide groups is 1. The summed E-state index contributed by atoms with van der Waals surface area (Å²) in [6.45, 7) is 3.84. The van der Waals surface area contributed by atoms with Gasteiger partial charge in [0.05, 0.1) is 19.1 Å². The van der Waals surface area contributed by atoms with Crippen molar-refractivity contribution in [2.45, 2.75) is 32.4 Å². The fraction of sp³-hybridized carbons (Fsp3) is 0.471. The first-order chi connectivity index (χ1) is 12.2. The summed E-state index contributed by atoms with van der Waals surface area (Å²) < 4.78 is 31.1. The standard InChI is InChI=1S/C17H23F2N3O4/c1-10(20-4-5-26-3)16(24)22-17(25)11(2)21-15(23)8-12-6-13(18)9-14(19)7-12/h6-7,9-11,20H,4-5,8H2,1-3H3,(H,21,23)(H,22,24,25)/t10-,11-/m0/s1. The van der Waals surface area contributed by atoms with Gasteiger partial charge in [0.15, 0.2) is 0 Å². The number of methoxy groups -OCH3 is 1. The number of benzene rings is 1. The monoisotopic (exact) mass is 371 g/mol. The van der Waals surface area contributed by atoms with Gasteiger partial charge in [0.2, 0.25) is 17.7 Å². The molecule has 3 amide bonds. The summed E-state index contributed by atoms with van der Waals surface area (Å²) in [7, 11) is 1.53. The van der Waals surface area contributed by atoms with Gasteiger partial charge in [0.25, 0.3) is 0 Å². The van der Waals surface area contributed by atoms with Crippen LogP contribution in [0.1, 0.15) is 19.4 Å². The molecule has 0 aliphatic heterocycles. The van der Waals surface area contributed by atoms with E-state index in [2.05, 4.69) is 16.0 Å². The van der Waals surface area contributed by atoms with Gasteiger partial charge in [0.1, 0.15) is 17.7 Å². The normalized spacial score (nSPS) is 13.0. The van der Waals surface area contributed by atoms with E-state index in [1.807, 2.05) is 0 Å². The number of ether oxygens (including phenoxy) is 1. The third-order valence-electron chi connectivity index (χ3n) is 3.45. The molecule has 0 unspecified atom stereocenters. The minimum absolute atomic E-state index is 0.139. The third-order valence-corrected chi connectivity index (χ3v) is 3.45. The highest BCUT2D eigenvalue weighted by Crippen LogP contribution is 2.08. The van der Waals surface area contributed by atoms with Crippen molar-refractivity contribution in [2.24, 2.45) is 0 Å². The molecule has 0 spiro atoms. The van der Waals surface area contributed by atoms with Crippen LogP contribution in [0.5, 0.6) is 0 Å². The number of nitrogens with one attached hydrogen (secondary N) is 3. The lowest BCUT2D eigenvalue weighted by Gasteiger charge is -2.16. The van der Waals surface area contributed by atoms with Gasteiger partial charge < -0.3 is 15.4 Å². The smallest absolute Gasteiger partial charge is 0.248 e. The molecular formula is C17H23F2N3O4. The Balaban J connectivity index is 2.47. The van der Waals surface area contributed by atoms with Crippen LogP contribution in [0.25, 0.3) is 0 Å². The zero-order valence-corrected chi connectivity index (χ0v) is 14.9. The van der Waals surface area contributed by atoms with Crippen molar-refractivity contribution in [2.75, 3.05) is 20.3 Å². The molecular weight excluding hydrogens is 348 g/mol. The second-order valence-corrected chi connectivity index (χ2v) is 5.77. The van der Waals surface area contributed by atoms with Crippen LogP contribution in [0.15, 0.2) is 18.2 Å². The summed E-state index contributed by atoms with van der Waals surface area (Å²) in [6, 6.07) is 1.16. The van der Waals surface area contributed by atoms with Crippen molar-refractivity contribution in [3.05, 3.63) is 35.4 Å². The van der Waals surface area contributed by atoms with Crippen LogP contribution in [-0.4, -0.2) is 50.1 Å². The molecule has 1 aromatic rings. The van der Waals surface area contributed by atoms with Gasteiger partial charge in [-0.3, -0.25) is 19.7 Å². The van der Waals surface area contributed by atoms with E-state index in [1.165, 1.54) is 14.0 Å². The SMILES string of the molecule is COCCN[C@@H](C)C(=O)NC(=O)[C@H](C)NC(=O)Cc1cc(F)cc(F)c1. The van der Waals surface area contributed by atoms with E-state index >= 15 is 0 Å². The zero-order valence-electron chi connectivity index (χ0n) is 14.9. The van der Waals surface area contributed by atoms with Gasteiger partial charge in [-0.2, -0.15) is 0 Å². The molecule has 0 aliphatic carbocycles. The lowest BCUT2D eigenvalue weighted by Crippen LogP contribution is -2.51. The second-order valence-electron chi connectivity index (χ2n) is 5.77. The van der Waals surface area contributed by atoms with E-state index in [0.29, 0.717) is 19.2 Å². The molecule has 0 saturated heterocycles. The highest BCUT2D eigenvalue weighted by Gasteiger charge is 2.21. The fourth-order valence-electron chi connectivity index (χ4n) is 2.06. The van der Waals surface area contributed by atoms with Crippen molar-refractivity contribution in [3.63, 3.8) is 0 Å². The molecule has 0 fully saturated rings. The number of carbonyl (C=O) groups excluding carboxylic acids is 3. The summed E-state index contributed by atoms with van der Waals surface area (Å²) in [4.78, 5) is 35.7. The zero-order chi connectivity index (χ0) is 19.7. The molecule has 0 heterocycles. The molecule has 9 heteroatoms. The minimum atomic E-state index is -0.990. The predicted molar refractivity (Wildman–Crippen MR) is 90.2 cm³/mol. The summed E-state index contributed by atoms with van der Waals surface area (Å²) in [5.74, 6) is -3.41. The Bertz CT molecular complexity index is 635. The Morgan fingerprint density at radius 2 is 1.62 bits per heavy atom. The molecule has 1 rings (SSSR count). The fourth-order valence-corrected chi connectivity index (χ4v) is 2.06. The van der Waals surface area contributed by atoms with Crippen molar-refractivity contribution in [1.29, 1.82) is 0 Å². The van der Waals surface area contributed by atoms with Gasteiger partial charge in [-0.1, -0.05) is 0 Å². The Morgan fingerprint density at radius 1 is 1.04 bits per heavy atom. The van der Waals surface area contributed by atoms with Crippen LogP contribution in [-0.2, 0) is 25.5 Å². The molecule has 144 valence electrons. The number of halogens is 2. The number of amides is 3. The molecule has 0 aromatic heterocycles. The van der Waals surface area contributed by atoms with Crippen LogP contribution < -0.4 is 16.0 Å². The summed E-state index contributed by atoms with van der Waals surface area (Å²) in [6.07, 6.45) is -0.296. The Kier molecular flexibility index (Phi) is 8.80. The van der Waals surface area contributed by atoms with E-state index in [-0.39, 0.29) is 12.0 Å². The van der Waals surface area contributed by atoms with Gasteiger partial charge in [-0.15, -0.1) is 0 Å². The summed E-state index contributed by atoms with van der Waals surface area (Å²) >= 11 is 0. The predicted octanol–water partition coefficient (Wildman–Crippen LogP) is 0.279. The van der Waals surface area contributed by atoms with Gasteiger partial charge in [0, 0.05) is 19.7 Å². The number of hydrogen-bond acceptors (Lipinski definition) is 5. The average Bonchev–Trinajstić information content (AvgIpc) is 2.53. The number of hydrogen-bond donors (Lipinski definition) is 3. The van der Waals surface area contributed by atoms with Crippen LogP contribution in [0.2, 0.25) is 0 Å².